The monoisotopic (exact) mass is 252 g/mol. The van der Waals surface area contributed by atoms with Gasteiger partial charge in [0.2, 0.25) is 0 Å². The summed E-state index contributed by atoms with van der Waals surface area (Å²) in [7, 11) is 0. The number of hydrogen-bond donors (Lipinski definition) is 2. The molecular weight excluding hydrogens is 224 g/mol. The Balaban J connectivity index is 0. The molecular formula is C11H28N2O4. The van der Waals surface area contributed by atoms with E-state index < -0.39 is 0 Å². The summed E-state index contributed by atoms with van der Waals surface area (Å²) in [5.41, 5.74) is 7.69. The highest BCUT2D eigenvalue weighted by Crippen LogP contribution is 1.75. The third kappa shape index (κ3) is 25.8. The van der Waals surface area contributed by atoms with Crippen LogP contribution in [-0.4, -0.2) is 52.9 Å². The Bertz CT molecular complexity index is 106. The quantitative estimate of drug-likeness (QED) is 0.317. The van der Waals surface area contributed by atoms with E-state index in [-0.39, 0.29) is 0 Å². The molecule has 0 bridgehead atoms. The molecule has 17 heavy (non-hydrogen) atoms. The first-order valence-corrected chi connectivity index (χ1v) is 6.11. The Hall–Kier alpha value is -0.240. The summed E-state index contributed by atoms with van der Waals surface area (Å²) in [4.78, 5) is 5.03. The van der Waals surface area contributed by atoms with Crippen molar-refractivity contribution >= 4 is 0 Å². The first-order chi connectivity index (χ1) is 8.33. The van der Waals surface area contributed by atoms with Gasteiger partial charge in [-0.25, -0.2) is 5.48 Å². The molecule has 0 aliphatic carbocycles. The molecule has 0 aliphatic heterocycles. The molecule has 0 atom stereocenters. The lowest BCUT2D eigenvalue weighted by atomic mass is 10.7. The maximum atomic E-state index is 5.09. The average Bonchev–Trinajstić information content (AvgIpc) is 2.34. The molecule has 6 heteroatoms. The van der Waals surface area contributed by atoms with Gasteiger partial charge in [-0.15, -0.1) is 0 Å². The second-order valence-corrected chi connectivity index (χ2v) is 2.80. The lowest BCUT2D eigenvalue weighted by Crippen LogP contribution is -2.22. The van der Waals surface area contributed by atoms with Crippen molar-refractivity contribution in [1.82, 2.24) is 5.48 Å². The molecule has 0 aromatic heterocycles. The summed E-state index contributed by atoms with van der Waals surface area (Å²) < 4.78 is 14.8. The number of ether oxygens (including phenoxy) is 3. The van der Waals surface area contributed by atoms with Gasteiger partial charge in [-0.3, -0.25) is 4.84 Å². The molecule has 106 valence electrons. The molecule has 6 nitrogen and oxygen atoms in total. The Morgan fingerprint density at radius 1 is 0.824 bits per heavy atom. The van der Waals surface area contributed by atoms with Gasteiger partial charge in [-0.2, -0.15) is 0 Å². The summed E-state index contributed by atoms with van der Waals surface area (Å²) in [6.07, 6.45) is 0. The maximum Gasteiger partial charge on any atom is 0.0940 e. The fourth-order valence-corrected chi connectivity index (χ4v) is 0.765. The van der Waals surface area contributed by atoms with Gasteiger partial charge in [-0.1, -0.05) is 0 Å². The van der Waals surface area contributed by atoms with Gasteiger partial charge in [0, 0.05) is 26.4 Å². The van der Waals surface area contributed by atoms with Crippen molar-refractivity contribution < 1.29 is 19.0 Å². The predicted octanol–water partition coefficient (Wildman–Crippen LogP) is 0.520. The highest BCUT2D eigenvalue weighted by Gasteiger charge is 1.87. The van der Waals surface area contributed by atoms with Gasteiger partial charge < -0.3 is 19.9 Å². The number of rotatable bonds is 11. The number of hydroxylamine groups is 1. The van der Waals surface area contributed by atoms with E-state index in [1.807, 2.05) is 20.8 Å². The maximum absolute atomic E-state index is 5.09. The zero-order valence-electron chi connectivity index (χ0n) is 11.4. The number of hydrogen-bond acceptors (Lipinski definition) is 6. The zero-order chi connectivity index (χ0) is 13.2. The van der Waals surface area contributed by atoms with Crippen LogP contribution in [-0.2, 0) is 19.0 Å². The normalized spacial score (nSPS) is 9.88. The SMILES string of the molecule is CCOCCNOCCOCC.CCOCN. The fraction of sp³-hybridized carbons (Fsp3) is 1.00. The van der Waals surface area contributed by atoms with Crippen molar-refractivity contribution in [3.05, 3.63) is 0 Å². The largest absolute Gasteiger partial charge is 0.380 e. The van der Waals surface area contributed by atoms with Crippen LogP contribution in [0.25, 0.3) is 0 Å². The molecule has 0 saturated carbocycles. The molecule has 0 fully saturated rings. The smallest absolute Gasteiger partial charge is 0.0940 e. The van der Waals surface area contributed by atoms with E-state index in [9.17, 15) is 0 Å². The minimum absolute atomic E-state index is 0.344. The standard InChI is InChI=1S/C8H19NO3.C3H9NO/c1-3-10-6-5-9-12-8-7-11-4-2;1-2-5-3-4/h9H,3-8H2,1-2H3;2-4H2,1H3. The molecule has 0 aliphatic rings. The van der Waals surface area contributed by atoms with Gasteiger partial charge in [-0.05, 0) is 20.8 Å². The minimum atomic E-state index is 0.344. The molecule has 0 radical (unpaired) electrons. The summed E-state index contributed by atoms with van der Waals surface area (Å²) in [5, 5.41) is 0. The first-order valence-electron chi connectivity index (χ1n) is 6.11. The van der Waals surface area contributed by atoms with Crippen LogP contribution in [0.5, 0.6) is 0 Å². The number of nitrogens with one attached hydrogen (secondary N) is 1. The summed E-state index contributed by atoms with van der Waals surface area (Å²) in [6, 6.07) is 0. The molecule has 3 N–H and O–H groups in total. The van der Waals surface area contributed by atoms with Crippen molar-refractivity contribution in [3.63, 3.8) is 0 Å². The lowest BCUT2D eigenvalue weighted by Gasteiger charge is -2.05. The lowest BCUT2D eigenvalue weighted by molar-refractivity contribution is -0.0119. The van der Waals surface area contributed by atoms with Gasteiger partial charge in [0.1, 0.15) is 0 Å². The third-order valence-electron chi connectivity index (χ3n) is 1.51. The van der Waals surface area contributed by atoms with Gasteiger partial charge >= 0.3 is 0 Å². The Kier molecular flexibility index (Phi) is 23.7. The second-order valence-electron chi connectivity index (χ2n) is 2.80. The topological polar surface area (TPSA) is 75.0 Å². The van der Waals surface area contributed by atoms with E-state index in [0.717, 1.165) is 26.4 Å². The molecule has 0 unspecified atom stereocenters. The highest BCUT2D eigenvalue weighted by molar-refractivity contribution is 4.31. The van der Waals surface area contributed by atoms with Crippen LogP contribution in [0.4, 0.5) is 0 Å². The van der Waals surface area contributed by atoms with Crippen LogP contribution in [0.2, 0.25) is 0 Å². The Morgan fingerprint density at radius 2 is 1.41 bits per heavy atom. The van der Waals surface area contributed by atoms with Crippen molar-refractivity contribution in [1.29, 1.82) is 0 Å². The summed E-state index contributed by atoms with van der Waals surface area (Å²) >= 11 is 0. The predicted molar refractivity (Wildman–Crippen MR) is 67.6 cm³/mol. The van der Waals surface area contributed by atoms with E-state index >= 15 is 0 Å². The van der Waals surface area contributed by atoms with Crippen LogP contribution >= 0.6 is 0 Å². The number of nitrogens with two attached hydrogens (primary N) is 1. The van der Waals surface area contributed by atoms with Gasteiger partial charge in [0.05, 0.1) is 26.6 Å². The molecule has 0 aromatic rings. The molecule has 0 aromatic carbocycles. The molecule has 0 rings (SSSR count). The van der Waals surface area contributed by atoms with E-state index in [1.165, 1.54) is 0 Å². The van der Waals surface area contributed by atoms with Crippen LogP contribution in [0.3, 0.4) is 0 Å². The van der Waals surface area contributed by atoms with E-state index in [4.69, 9.17) is 20.0 Å². The Morgan fingerprint density at radius 3 is 1.88 bits per heavy atom. The minimum Gasteiger partial charge on any atom is -0.380 e. The Labute approximate surface area is 105 Å². The van der Waals surface area contributed by atoms with Crippen LogP contribution in [0.15, 0.2) is 0 Å². The zero-order valence-corrected chi connectivity index (χ0v) is 11.4. The fourth-order valence-electron chi connectivity index (χ4n) is 0.765. The molecule has 0 heterocycles. The average molecular weight is 252 g/mol. The molecule has 0 spiro atoms. The van der Waals surface area contributed by atoms with E-state index in [2.05, 4.69) is 10.2 Å². The first kappa shape index (κ1) is 19.1. The van der Waals surface area contributed by atoms with Gasteiger partial charge in [0.15, 0.2) is 0 Å². The summed E-state index contributed by atoms with van der Waals surface area (Å²) in [6.45, 7) is 11.0. The molecule has 0 saturated heterocycles. The van der Waals surface area contributed by atoms with Crippen LogP contribution in [0, 0.1) is 0 Å². The third-order valence-corrected chi connectivity index (χ3v) is 1.51. The second kappa shape index (κ2) is 21.1. The van der Waals surface area contributed by atoms with Gasteiger partial charge in [0.25, 0.3) is 0 Å². The van der Waals surface area contributed by atoms with E-state index in [0.29, 0.717) is 26.6 Å². The van der Waals surface area contributed by atoms with Crippen LogP contribution < -0.4 is 11.2 Å². The van der Waals surface area contributed by atoms with Crippen molar-refractivity contribution in [2.75, 3.05) is 52.9 Å². The van der Waals surface area contributed by atoms with Crippen molar-refractivity contribution in [2.24, 2.45) is 5.73 Å². The van der Waals surface area contributed by atoms with Crippen LogP contribution in [0.1, 0.15) is 20.8 Å². The summed E-state index contributed by atoms with van der Waals surface area (Å²) in [5.74, 6) is 0. The van der Waals surface area contributed by atoms with Crippen molar-refractivity contribution in [3.8, 4) is 0 Å². The van der Waals surface area contributed by atoms with E-state index in [1.54, 1.807) is 0 Å². The molecule has 0 amide bonds. The highest BCUT2D eigenvalue weighted by atomic mass is 16.7. The van der Waals surface area contributed by atoms with Crippen molar-refractivity contribution in [2.45, 2.75) is 20.8 Å².